The van der Waals surface area contributed by atoms with Gasteiger partial charge in [0.2, 0.25) is 0 Å². The van der Waals surface area contributed by atoms with Crippen molar-refractivity contribution in [2.75, 3.05) is 0 Å². The number of alkyl halides is 3. The third-order valence-electron chi connectivity index (χ3n) is 16.8. The molecule has 10 aromatic carbocycles. The summed E-state index contributed by atoms with van der Waals surface area (Å²) < 4.78 is 50.7. The van der Waals surface area contributed by atoms with Crippen molar-refractivity contribution in [3.8, 4) is 73.1 Å². The lowest BCUT2D eigenvalue weighted by atomic mass is 9.91. The highest BCUT2D eigenvalue weighted by Crippen LogP contribution is 2.48. The first-order valence-electron chi connectivity index (χ1n) is 27.4. The molecule has 80 heavy (non-hydrogen) atoms. The van der Waals surface area contributed by atoms with Gasteiger partial charge in [0.05, 0.1) is 39.0 Å². The molecule has 2 heterocycles. The molecule has 0 fully saturated rings. The van der Waals surface area contributed by atoms with Gasteiger partial charge in [-0.1, -0.05) is 114 Å². The first-order valence-corrected chi connectivity index (χ1v) is 27.4. The van der Waals surface area contributed by atoms with Crippen molar-refractivity contribution in [1.29, 1.82) is 5.26 Å². The van der Waals surface area contributed by atoms with Crippen LogP contribution in [0, 0.1) is 94.4 Å². The summed E-state index contributed by atoms with van der Waals surface area (Å²) in [5.74, 6) is 0. The van der Waals surface area contributed by atoms with Crippen molar-refractivity contribution in [2.45, 2.75) is 89.3 Å². The number of halogens is 3. The van der Waals surface area contributed by atoms with Crippen molar-refractivity contribution in [3.63, 3.8) is 0 Å². The molecular weight excluding hydrogens is 988 g/mol. The summed E-state index contributed by atoms with van der Waals surface area (Å²) in [4.78, 5) is 0. The highest BCUT2D eigenvalue weighted by Gasteiger charge is 2.35. The number of nitrogens with zero attached hydrogens (tertiary/aromatic N) is 3. The topological polar surface area (TPSA) is 33.6 Å². The molecule has 3 nitrogen and oxygen atoms in total. The highest BCUT2D eigenvalue weighted by molar-refractivity contribution is 6.14. The molecule has 2 aromatic heterocycles. The van der Waals surface area contributed by atoms with E-state index in [-0.39, 0.29) is 11.1 Å². The van der Waals surface area contributed by atoms with Crippen molar-refractivity contribution in [2.24, 2.45) is 0 Å². The minimum atomic E-state index is -4.69. The monoisotopic (exact) mass is 1050 g/mol. The first-order chi connectivity index (χ1) is 38.2. The van der Waals surface area contributed by atoms with E-state index < -0.39 is 11.7 Å². The number of nitriles is 1. The molecule has 0 bridgehead atoms. The maximum Gasteiger partial charge on any atom is 0.417 e. The normalized spacial score (nSPS) is 11.9. The zero-order chi connectivity index (χ0) is 56.4. The lowest BCUT2D eigenvalue weighted by Gasteiger charge is -2.22. The van der Waals surface area contributed by atoms with Gasteiger partial charge in [-0.15, -0.1) is 0 Å². The molecule has 0 N–H and O–H groups in total. The van der Waals surface area contributed by atoms with Crippen LogP contribution in [0.2, 0.25) is 0 Å². The fraction of sp³-hybridized carbons (Fsp3) is 0.176. The number of aromatic nitrogens is 2. The number of hydrogen-bond donors (Lipinski definition) is 0. The van der Waals surface area contributed by atoms with E-state index in [9.17, 15) is 5.26 Å². The van der Waals surface area contributed by atoms with Gasteiger partial charge in [-0.25, -0.2) is 0 Å². The summed E-state index contributed by atoms with van der Waals surface area (Å²) in [7, 11) is 0. The molecule has 0 saturated carbocycles. The van der Waals surface area contributed by atoms with Crippen LogP contribution in [0.15, 0.2) is 158 Å². The predicted octanol–water partition coefficient (Wildman–Crippen LogP) is 20.8. The van der Waals surface area contributed by atoms with Gasteiger partial charge < -0.3 is 9.13 Å². The lowest BCUT2D eigenvalue weighted by Crippen LogP contribution is -2.10. The van der Waals surface area contributed by atoms with Gasteiger partial charge in [-0.2, -0.15) is 18.4 Å². The van der Waals surface area contributed by atoms with Gasteiger partial charge in [0.1, 0.15) is 11.6 Å². The molecule has 0 unspecified atom stereocenters. The van der Waals surface area contributed by atoms with Crippen molar-refractivity contribution in [1.82, 2.24) is 9.13 Å². The van der Waals surface area contributed by atoms with Crippen molar-refractivity contribution in [3.05, 3.63) is 236 Å². The molecule has 6 heteroatoms. The smallest absolute Gasteiger partial charge is 0.308 e. The second kappa shape index (κ2) is 19.2. The molecule has 0 spiro atoms. The summed E-state index contributed by atoms with van der Waals surface area (Å²) in [5, 5.41) is 15.9. The van der Waals surface area contributed by atoms with Gasteiger partial charge in [0.15, 0.2) is 0 Å². The Kier molecular flexibility index (Phi) is 12.4. The quantitative estimate of drug-likeness (QED) is 0.157. The molecule has 0 aliphatic rings. The van der Waals surface area contributed by atoms with E-state index in [1.165, 1.54) is 73.3 Å². The summed E-state index contributed by atoms with van der Waals surface area (Å²) >= 11 is 0. The maximum absolute atomic E-state index is 15.5. The standard InChI is InChI=1S/C74H62F3N3/c1-40-27-46(7)70(47(8)28-40)53-18-23-65-60(36-53)61-37-54(71-48(9)29-41(2)30-49(71)10)19-24-66(61)79(65)69-26-21-57(56-15-13-14-16-64(56)74(75,76)77)73(63(69)39-78)80-67-22-17-52(58-34-44(5)43(4)33-45(58)6)35-59(67)62-38-55(20-25-68(62)80)72-50(11)31-42(3)32-51(72)12/h13-38H,1-12H3. The van der Waals surface area contributed by atoms with Crippen LogP contribution in [0.5, 0.6) is 0 Å². The molecule has 0 aliphatic carbocycles. The van der Waals surface area contributed by atoms with Crippen LogP contribution >= 0.6 is 0 Å². The number of fused-ring (bicyclic) bond motifs is 6. The predicted molar refractivity (Wildman–Crippen MR) is 329 cm³/mol. The van der Waals surface area contributed by atoms with Crippen LogP contribution < -0.4 is 0 Å². The average Bonchev–Trinajstić information content (AvgIpc) is 4.12. The summed E-state index contributed by atoms with van der Waals surface area (Å²) in [6.45, 7) is 25.7. The number of aryl methyl sites for hydroxylation is 12. The minimum Gasteiger partial charge on any atom is -0.308 e. The van der Waals surface area contributed by atoms with Crippen LogP contribution in [0.25, 0.3) is 111 Å². The van der Waals surface area contributed by atoms with Crippen molar-refractivity contribution < 1.29 is 13.2 Å². The van der Waals surface area contributed by atoms with E-state index in [1.54, 1.807) is 12.1 Å². The maximum atomic E-state index is 15.5. The molecule has 0 aliphatic heterocycles. The van der Waals surface area contributed by atoms with Crippen LogP contribution in [0.3, 0.4) is 0 Å². The molecule has 394 valence electrons. The Morgan fingerprint density at radius 2 is 0.738 bits per heavy atom. The third kappa shape index (κ3) is 8.41. The molecule has 0 atom stereocenters. The van der Waals surface area contributed by atoms with E-state index in [4.69, 9.17) is 0 Å². The molecule has 0 amide bonds. The van der Waals surface area contributed by atoms with Gasteiger partial charge in [0.25, 0.3) is 0 Å². The largest absolute Gasteiger partial charge is 0.417 e. The molecule has 0 radical (unpaired) electrons. The van der Waals surface area contributed by atoms with Crippen LogP contribution in [-0.4, -0.2) is 9.13 Å². The Labute approximate surface area is 466 Å². The molecule has 0 saturated heterocycles. The van der Waals surface area contributed by atoms with Gasteiger partial charge in [0, 0.05) is 27.1 Å². The van der Waals surface area contributed by atoms with E-state index in [0.717, 1.165) is 99.7 Å². The summed E-state index contributed by atoms with van der Waals surface area (Å²) in [5.41, 5.74) is 26.9. The lowest BCUT2D eigenvalue weighted by molar-refractivity contribution is -0.137. The number of hydrogen-bond acceptors (Lipinski definition) is 1. The van der Waals surface area contributed by atoms with E-state index in [2.05, 4.69) is 220 Å². The SMILES string of the molecule is Cc1cc(C)c(-c2ccc3c(c2)c2cc(-c4c(C)cc(C)cc4C)ccc2n3-c2ccc(-c3ccccc3C(F)(F)F)c(-n3c4ccc(-c5cc(C)c(C)cc5C)cc4c4cc(-c5c(C)cc(C)cc5C)ccc43)c2C#N)c(C)c1. The Hall–Kier alpha value is -8.92. The molecule has 12 aromatic rings. The number of benzene rings is 10. The Morgan fingerprint density at radius 3 is 1.16 bits per heavy atom. The zero-order valence-electron chi connectivity index (χ0n) is 47.5. The van der Waals surface area contributed by atoms with Crippen LogP contribution in [-0.2, 0) is 6.18 Å². The van der Waals surface area contributed by atoms with Crippen LogP contribution in [0.1, 0.15) is 77.9 Å². The minimum absolute atomic E-state index is 0.0119. The summed E-state index contributed by atoms with van der Waals surface area (Å²) in [6, 6.07) is 55.9. The van der Waals surface area contributed by atoms with E-state index >= 15 is 13.2 Å². The first kappa shape index (κ1) is 51.8. The van der Waals surface area contributed by atoms with E-state index in [0.29, 0.717) is 16.9 Å². The van der Waals surface area contributed by atoms with E-state index in [1.807, 2.05) is 6.07 Å². The second-order valence-corrected chi connectivity index (χ2v) is 22.7. The Morgan fingerprint density at radius 1 is 0.350 bits per heavy atom. The zero-order valence-corrected chi connectivity index (χ0v) is 47.5. The van der Waals surface area contributed by atoms with Crippen LogP contribution in [0.4, 0.5) is 13.2 Å². The fourth-order valence-corrected chi connectivity index (χ4v) is 13.7. The number of rotatable bonds is 7. The third-order valence-corrected chi connectivity index (χ3v) is 16.8. The second-order valence-electron chi connectivity index (χ2n) is 22.7. The van der Waals surface area contributed by atoms with Gasteiger partial charge >= 0.3 is 6.18 Å². The Balaban J connectivity index is 1.22. The van der Waals surface area contributed by atoms with Crippen molar-refractivity contribution >= 4 is 43.6 Å². The molecule has 12 rings (SSSR count). The van der Waals surface area contributed by atoms with Gasteiger partial charge in [-0.3, -0.25) is 0 Å². The fourth-order valence-electron chi connectivity index (χ4n) is 13.7. The molecular formula is C74H62F3N3. The Bertz CT molecular complexity index is 4480. The van der Waals surface area contributed by atoms with Gasteiger partial charge in [-0.05, 0) is 244 Å². The summed E-state index contributed by atoms with van der Waals surface area (Å²) in [6.07, 6.45) is -4.69. The average molecular weight is 1050 g/mol. The highest BCUT2D eigenvalue weighted by atomic mass is 19.4.